The van der Waals surface area contributed by atoms with E-state index in [1.54, 1.807) is 0 Å². The third-order valence-electron chi connectivity index (χ3n) is 4.70. The number of carbonyl (C=O) groups excluding carboxylic acids is 2. The van der Waals surface area contributed by atoms with E-state index in [2.05, 4.69) is 10.3 Å². The number of amides is 2. The molecule has 2 amide bonds. The van der Waals surface area contributed by atoms with E-state index in [9.17, 15) is 32.9 Å². The number of nitrogens with one attached hydrogen (secondary N) is 1. The molecule has 0 atom stereocenters. The molecule has 1 N–H and O–H groups in total. The first kappa shape index (κ1) is 25.9. The average molecular weight is 527 g/mol. The Balaban J connectivity index is 2.06. The lowest BCUT2D eigenvalue weighted by Crippen LogP contribution is -2.32. The van der Waals surface area contributed by atoms with Crippen LogP contribution >= 0.6 is 23.2 Å². The van der Waals surface area contributed by atoms with Gasteiger partial charge in [0.05, 0.1) is 22.7 Å². The van der Waals surface area contributed by atoms with Crippen LogP contribution in [0.3, 0.4) is 0 Å². The van der Waals surface area contributed by atoms with Crippen molar-refractivity contribution in [2.45, 2.75) is 12.7 Å². The maximum absolute atomic E-state index is 13.7. The number of hydrogen-bond acceptors (Lipinski definition) is 5. The van der Waals surface area contributed by atoms with Gasteiger partial charge < -0.3 is 10.2 Å². The molecule has 0 aliphatic heterocycles. The number of nitro benzene ring substituents is 1. The smallest absolute Gasteiger partial charge is 0.319 e. The molecule has 35 heavy (non-hydrogen) atoms. The zero-order valence-corrected chi connectivity index (χ0v) is 19.1. The Morgan fingerprint density at radius 2 is 1.86 bits per heavy atom. The zero-order chi connectivity index (χ0) is 25.8. The third-order valence-corrected chi connectivity index (χ3v) is 5.23. The molecule has 0 unspecified atom stereocenters. The highest BCUT2D eigenvalue weighted by atomic mass is 35.5. The van der Waals surface area contributed by atoms with E-state index in [-0.39, 0.29) is 34.3 Å². The number of alkyl halides is 4. The van der Waals surface area contributed by atoms with Gasteiger partial charge in [0.2, 0.25) is 5.91 Å². The fourth-order valence-electron chi connectivity index (χ4n) is 3.08. The van der Waals surface area contributed by atoms with Gasteiger partial charge in [-0.1, -0.05) is 23.7 Å². The Morgan fingerprint density at radius 3 is 2.49 bits per heavy atom. The van der Waals surface area contributed by atoms with E-state index < -0.39 is 39.9 Å². The van der Waals surface area contributed by atoms with Crippen molar-refractivity contribution in [1.29, 1.82) is 0 Å². The average Bonchev–Trinajstić information content (AvgIpc) is 2.82. The second kappa shape index (κ2) is 10.7. The van der Waals surface area contributed by atoms with Gasteiger partial charge in [0.15, 0.2) is 5.15 Å². The maximum atomic E-state index is 13.7. The van der Waals surface area contributed by atoms with E-state index in [4.69, 9.17) is 23.2 Å². The highest BCUT2D eigenvalue weighted by molar-refractivity contribution is 6.32. The van der Waals surface area contributed by atoms with Crippen LogP contribution in [0.4, 0.5) is 30.2 Å². The summed E-state index contributed by atoms with van der Waals surface area (Å²) < 4.78 is 41.0. The van der Waals surface area contributed by atoms with Gasteiger partial charge in [0, 0.05) is 29.6 Å². The summed E-state index contributed by atoms with van der Waals surface area (Å²) in [5, 5.41) is 13.4. The first-order valence-electron chi connectivity index (χ1n) is 9.73. The number of rotatable bonds is 7. The summed E-state index contributed by atoms with van der Waals surface area (Å²) >= 11 is 11.6. The minimum Gasteiger partial charge on any atom is -0.319 e. The molecule has 1 aromatic heterocycles. The summed E-state index contributed by atoms with van der Waals surface area (Å²) in [5.41, 5.74) is -1.81. The third kappa shape index (κ3) is 6.46. The lowest BCUT2D eigenvalue weighted by molar-refractivity contribution is -0.384. The van der Waals surface area contributed by atoms with Crippen molar-refractivity contribution in [3.05, 3.63) is 92.8 Å². The number of halogens is 5. The van der Waals surface area contributed by atoms with Gasteiger partial charge in [0.1, 0.15) is 5.88 Å². The molecule has 0 bridgehead atoms. The van der Waals surface area contributed by atoms with Crippen LogP contribution in [0.2, 0.25) is 5.15 Å². The van der Waals surface area contributed by atoms with Crippen molar-refractivity contribution in [2.24, 2.45) is 0 Å². The van der Waals surface area contributed by atoms with E-state index in [0.29, 0.717) is 12.1 Å². The van der Waals surface area contributed by atoms with Crippen molar-refractivity contribution < 1.29 is 27.7 Å². The Morgan fingerprint density at radius 1 is 1.11 bits per heavy atom. The van der Waals surface area contributed by atoms with Crippen LogP contribution in [0.25, 0.3) is 0 Å². The van der Waals surface area contributed by atoms with Gasteiger partial charge in [-0.2, -0.15) is 13.2 Å². The monoisotopic (exact) mass is 526 g/mol. The highest BCUT2D eigenvalue weighted by Gasteiger charge is 2.33. The summed E-state index contributed by atoms with van der Waals surface area (Å²) in [6.07, 6.45) is -3.48. The molecular formula is C22H15Cl2F3N4O4. The topological polar surface area (TPSA) is 105 Å². The first-order chi connectivity index (χ1) is 16.5. The van der Waals surface area contributed by atoms with Gasteiger partial charge in [-0.25, -0.2) is 4.98 Å². The summed E-state index contributed by atoms with van der Waals surface area (Å²) in [5.74, 6) is -2.29. The molecule has 0 spiro atoms. The van der Waals surface area contributed by atoms with E-state index >= 15 is 0 Å². The molecule has 0 aliphatic carbocycles. The fourth-order valence-corrected chi connectivity index (χ4v) is 3.39. The Bertz CT molecular complexity index is 1290. The van der Waals surface area contributed by atoms with Crippen molar-refractivity contribution in [3.8, 4) is 0 Å². The normalized spacial score (nSPS) is 11.1. The van der Waals surface area contributed by atoms with Crippen molar-refractivity contribution in [3.63, 3.8) is 0 Å². The van der Waals surface area contributed by atoms with Crippen molar-refractivity contribution in [2.75, 3.05) is 16.1 Å². The predicted molar refractivity (Wildman–Crippen MR) is 124 cm³/mol. The summed E-state index contributed by atoms with van der Waals surface area (Å²) in [6, 6.07) is 10.5. The molecule has 3 aromatic rings. The SMILES string of the molecule is O=C(Nc1cccnc1Cl)c1cc(N(Cc2cccc([N+](=O)[O-])c2)C(=O)CCl)cc(C(F)(F)F)c1. The van der Waals surface area contributed by atoms with Crippen LogP contribution in [0, 0.1) is 10.1 Å². The second-order valence-corrected chi connectivity index (χ2v) is 7.73. The quantitative estimate of drug-likeness (QED) is 0.184. The molecular weight excluding hydrogens is 512 g/mol. The number of benzene rings is 2. The Hall–Kier alpha value is -3.70. The van der Waals surface area contributed by atoms with Gasteiger partial charge in [-0.15, -0.1) is 11.6 Å². The number of nitrogens with zero attached hydrogens (tertiary/aromatic N) is 3. The van der Waals surface area contributed by atoms with Gasteiger partial charge in [-0.05, 0) is 35.9 Å². The van der Waals surface area contributed by atoms with Crippen LogP contribution in [-0.4, -0.2) is 27.6 Å². The Kier molecular flexibility index (Phi) is 7.92. The zero-order valence-electron chi connectivity index (χ0n) is 17.6. The standard InChI is InChI=1S/C22H15Cl2F3N4O4/c23-11-19(32)30(12-13-3-1-4-16(7-13)31(34)35)17-9-14(8-15(10-17)22(25,26)27)21(33)29-18-5-2-6-28-20(18)24/h1-10H,11-12H2,(H,29,33). The minimum absolute atomic E-state index is 0.0716. The number of non-ortho nitro benzene ring substituents is 1. The molecule has 2 aromatic carbocycles. The van der Waals surface area contributed by atoms with E-state index in [1.165, 1.54) is 42.6 Å². The van der Waals surface area contributed by atoms with Gasteiger partial charge >= 0.3 is 6.18 Å². The van der Waals surface area contributed by atoms with Crippen LogP contribution in [-0.2, 0) is 17.5 Å². The lowest BCUT2D eigenvalue weighted by atomic mass is 10.1. The van der Waals surface area contributed by atoms with E-state index in [0.717, 1.165) is 11.0 Å². The molecule has 0 fully saturated rings. The largest absolute Gasteiger partial charge is 0.416 e. The first-order valence-corrected chi connectivity index (χ1v) is 10.6. The van der Waals surface area contributed by atoms with Gasteiger partial charge in [-0.3, -0.25) is 19.7 Å². The number of nitro groups is 1. The van der Waals surface area contributed by atoms with Crippen LogP contribution in [0.1, 0.15) is 21.5 Å². The molecule has 0 radical (unpaired) electrons. The molecule has 8 nitrogen and oxygen atoms in total. The predicted octanol–water partition coefficient (Wildman–Crippen LogP) is 5.69. The summed E-state index contributed by atoms with van der Waals surface area (Å²) in [6.45, 7) is -0.329. The molecule has 1 heterocycles. The lowest BCUT2D eigenvalue weighted by Gasteiger charge is -2.24. The minimum atomic E-state index is -4.85. The van der Waals surface area contributed by atoms with Gasteiger partial charge in [0.25, 0.3) is 11.6 Å². The maximum Gasteiger partial charge on any atom is 0.416 e. The van der Waals surface area contributed by atoms with Crippen LogP contribution < -0.4 is 10.2 Å². The molecule has 0 saturated heterocycles. The molecule has 3 rings (SSSR count). The molecule has 13 heteroatoms. The van der Waals surface area contributed by atoms with Crippen molar-refractivity contribution in [1.82, 2.24) is 4.98 Å². The number of hydrogen-bond donors (Lipinski definition) is 1. The number of aromatic nitrogens is 1. The molecule has 182 valence electrons. The Labute approximate surface area is 206 Å². The van der Waals surface area contributed by atoms with Crippen LogP contribution in [0.5, 0.6) is 0 Å². The second-order valence-electron chi connectivity index (χ2n) is 7.10. The van der Waals surface area contributed by atoms with E-state index in [1.807, 2.05) is 0 Å². The molecule has 0 saturated carbocycles. The number of anilines is 2. The summed E-state index contributed by atoms with van der Waals surface area (Å²) in [4.78, 5) is 40.5. The number of carbonyl (C=O) groups is 2. The van der Waals surface area contributed by atoms with Crippen molar-refractivity contribution >= 4 is 52.1 Å². The highest BCUT2D eigenvalue weighted by Crippen LogP contribution is 2.34. The summed E-state index contributed by atoms with van der Waals surface area (Å²) in [7, 11) is 0. The number of pyridine rings is 1. The molecule has 0 aliphatic rings. The fraction of sp³-hybridized carbons (Fsp3) is 0.136. The van der Waals surface area contributed by atoms with Crippen LogP contribution in [0.15, 0.2) is 60.8 Å².